The normalized spacial score (nSPS) is 31.8. The molecule has 0 radical (unpaired) electrons. The summed E-state index contributed by atoms with van der Waals surface area (Å²) < 4.78 is 0. The van der Waals surface area contributed by atoms with Crippen molar-refractivity contribution in [2.45, 2.75) is 37.4 Å². The van der Waals surface area contributed by atoms with E-state index in [4.69, 9.17) is 5.73 Å². The van der Waals surface area contributed by atoms with Gasteiger partial charge >= 0.3 is 0 Å². The first-order valence-electron chi connectivity index (χ1n) is 6.69. The Kier molecular flexibility index (Phi) is 4.50. The molecule has 0 aromatic heterocycles. The zero-order chi connectivity index (χ0) is 14.0. The van der Waals surface area contributed by atoms with E-state index in [1.54, 1.807) is 0 Å². The van der Waals surface area contributed by atoms with Gasteiger partial charge in [0.1, 0.15) is 0 Å². The van der Waals surface area contributed by atoms with Crippen LogP contribution in [0.5, 0.6) is 0 Å². The highest BCUT2D eigenvalue weighted by atomic mass is 32.2. The summed E-state index contributed by atoms with van der Waals surface area (Å²) in [6.45, 7) is 0.514. The van der Waals surface area contributed by atoms with Gasteiger partial charge in [0, 0.05) is 18.9 Å². The molecule has 1 heterocycles. The number of carbonyl (C=O) groups is 3. The average Bonchev–Trinajstić information content (AvgIpc) is 2.67. The standard InChI is InChI=1S/C13H20N2O3S/c1-19-10-6-11(16)15(13(10)18)7-8-2-4-9(5-3-8)12(14)17/h8-10H,2-7H2,1H3,(H2,14,17). The van der Waals surface area contributed by atoms with Crippen molar-refractivity contribution in [3.05, 3.63) is 0 Å². The SMILES string of the molecule is CSC1CC(=O)N(CC2CCC(C(N)=O)CC2)C1=O. The number of amides is 3. The Balaban J connectivity index is 1.87. The number of hydrogen-bond donors (Lipinski definition) is 1. The van der Waals surface area contributed by atoms with Crippen LogP contribution < -0.4 is 5.73 Å². The van der Waals surface area contributed by atoms with Gasteiger partial charge in [0.15, 0.2) is 0 Å². The minimum absolute atomic E-state index is 0.0276. The second-order valence-corrected chi connectivity index (χ2v) is 6.43. The number of hydrogen-bond acceptors (Lipinski definition) is 4. The van der Waals surface area contributed by atoms with Crippen LogP contribution in [0.25, 0.3) is 0 Å². The summed E-state index contributed by atoms with van der Waals surface area (Å²) in [7, 11) is 0. The molecule has 0 bridgehead atoms. The predicted octanol–water partition coefficient (Wildman–Crippen LogP) is 0.769. The molecule has 1 aliphatic carbocycles. The van der Waals surface area contributed by atoms with Gasteiger partial charge in [-0.2, -0.15) is 11.8 Å². The zero-order valence-electron chi connectivity index (χ0n) is 11.1. The van der Waals surface area contributed by atoms with Crippen molar-refractivity contribution in [2.24, 2.45) is 17.6 Å². The molecule has 2 fully saturated rings. The molecule has 19 heavy (non-hydrogen) atoms. The van der Waals surface area contributed by atoms with Crippen molar-refractivity contribution in [1.82, 2.24) is 4.90 Å². The molecule has 1 atom stereocenters. The molecule has 0 aromatic rings. The number of imide groups is 1. The monoisotopic (exact) mass is 284 g/mol. The van der Waals surface area contributed by atoms with Crippen LogP contribution in [0, 0.1) is 11.8 Å². The zero-order valence-corrected chi connectivity index (χ0v) is 11.9. The molecule has 106 valence electrons. The van der Waals surface area contributed by atoms with Crippen molar-refractivity contribution in [3.63, 3.8) is 0 Å². The van der Waals surface area contributed by atoms with E-state index in [1.807, 2.05) is 6.26 Å². The average molecular weight is 284 g/mol. The smallest absolute Gasteiger partial charge is 0.242 e. The van der Waals surface area contributed by atoms with Gasteiger partial charge in [-0.15, -0.1) is 0 Å². The highest BCUT2D eigenvalue weighted by Gasteiger charge is 2.39. The number of primary amides is 1. The van der Waals surface area contributed by atoms with Crippen LogP contribution in [0.4, 0.5) is 0 Å². The van der Waals surface area contributed by atoms with Crippen molar-refractivity contribution in [2.75, 3.05) is 12.8 Å². The maximum Gasteiger partial charge on any atom is 0.242 e. The maximum atomic E-state index is 12.0. The Bertz CT molecular complexity index is 391. The van der Waals surface area contributed by atoms with E-state index >= 15 is 0 Å². The van der Waals surface area contributed by atoms with E-state index in [0.29, 0.717) is 18.9 Å². The summed E-state index contributed by atoms with van der Waals surface area (Å²) in [5.74, 6) is -0.0330. The summed E-state index contributed by atoms with van der Waals surface area (Å²) >= 11 is 1.44. The second-order valence-electron chi connectivity index (χ2n) is 5.39. The van der Waals surface area contributed by atoms with Gasteiger partial charge in [-0.05, 0) is 37.9 Å². The summed E-state index contributed by atoms with van der Waals surface area (Å²) in [5.41, 5.74) is 5.30. The van der Waals surface area contributed by atoms with Crippen LogP contribution in [-0.4, -0.2) is 40.7 Å². The lowest BCUT2D eigenvalue weighted by Gasteiger charge is -2.29. The van der Waals surface area contributed by atoms with Gasteiger partial charge in [0.2, 0.25) is 17.7 Å². The number of carbonyl (C=O) groups excluding carboxylic acids is 3. The Hall–Kier alpha value is -1.04. The predicted molar refractivity (Wildman–Crippen MR) is 73.3 cm³/mol. The molecule has 5 nitrogen and oxygen atoms in total. The third-order valence-electron chi connectivity index (χ3n) is 4.18. The summed E-state index contributed by atoms with van der Waals surface area (Å²) in [5, 5.41) is -0.200. The first kappa shape index (κ1) is 14.4. The molecule has 2 aliphatic rings. The van der Waals surface area contributed by atoms with Crippen LogP contribution >= 0.6 is 11.8 Å². The minimum atomic E-state index is -0.228. The Morgan fingerprint density at radius 1 is 1.32 bits per heavy atom. The lowest BCUT2D eigenvalue weighted by Crippen LogP contribution is -2.38. The quantitative estimate of drug-likeness (QED) is 0.773. The molecule has 1 unspecified atom stereocenters. The molecule has 2 N–H and O–H groups in total. The molecule has 1 saturated carbocycles. The van der Waals surface area contributed by atoms with Crippen LogP contribution in [0.1, 0.15) is 32.1 Å². The lowest BCUT2D eigenvalue weighted by atomic mass is 9.81. The topological polar surface area (TPSA) is 80.5 Å². The van der Waals surface area contributed by atoms with Crippen molar-refractivity contribution in [1.29, 1.82) is 0 Å². The highest BCUT2D eigenvalue weighted by molar-refractivity contribution is 8.00. The molecule has 0 aromatic carbocycles. The number of nitrogens with zero attached hydrogens (tertiary/aromatic N) is 1. The molecule has 0 spiro atoms. The fourth-order valence-corrected chi connectivity index (χ4v) is 3.55. The van der Waals surface area contributed by atoms with Gasteiger partial charge in [0.05, 0.1) is 5.25 Å². The highest BCUT2D eigenvalue weighted by Crippen LogP contribution is 2.31. The van der Waals surface area contributed by atoms with Crippen LogP contribution in [-0.2, 0) is 14.4 Å². The lowest BCUT2D eigenvalue weighted by molar-refractivity contribution is -0.139. The fraction of sp³-hybridized carbons (Fsp3) is 0.769. The van der Waals surface area contributed by atoms with E-state index < -0.39 is 0 Å². The third-order valence-corrected chi connectivity index (χ3v) is 5.11. The molecule has 1 aliphatic heterocycles. The van der Waals surface area contributed by atoms with Crippen LogP contribution in [0.3, 0.4) is 0 Å². The molecule has 2 rings (SSSR count). The van der Waals surface area contributed by atoms with Gasteiger partial charge in [0.25, 0.3) is 0 Å². The van der Waals surface area contributed by atoms with Crippen molar-refractivity contribution < 1.29 is 14.4 Å². The van der Waals surface area contributed by atoms with E-state index in [1.165, 1.54) is 16.7 Å². The van der Waals surface area contributed by atoms with E-state index in [2.05, 4.69) is 0 Å². The fourth-order valence-electron chi connectivity index (χ4n) is 2.92. The number of nitrogens with two attached hydrogens (primary N) is 1. The number of thioether (sulfide) groups is 1. The number of rotatable bonds is 4. The van der Waals surface area contributed by atoms with Gasteiger partial charge in [-0.1, -0.05) is 0 Å². The van der Waals surface area contributed by atoms with Crippen LogP contribution in [0.2, 0.25) is 0 Å². The summed E-state index contributed by atoms with van der Waals surface area (Å²) in [4.78, 5) is 36.3. The van der Waals surface area contributed by atoms with Gasteiger partial charge in [-0.25, -0.2) is 0 Å². The third kappa shape index (κ3) is 3.11. The van der Waals surface area contributed by atoms with Gasteiger partial charge in [-0.3, -0.25) is 19.3 Å². The molecular weight excluding hydrogens is 264 g/mol. The maximum absolute atomic E-state index is 12.0. The first-order valence-corrected chi connectivity index (χ1v) is 7.98. The van der Waals surface area contributed by atoms with E-state index in [0.717, 1.165) is 25.7 Å². The Morgan fingerprint density at radius 3 is 2.42 bits per heavy atom. The van der Waals surface area contributed by atoms with E-state index in [9.17, 15) is 14.4 Å². The minimum Gasteiger partial charge on any atom is -0.369 e. The van der Waals surface area contributed by atoms with Gasteiger partial charge < -0.3 is 5.73 Å². The first-order chi connectivity index (χ1) is 9.02. The molecule has 3 amide bonds. The van der Waals surface area contributed by atoms with Crippen molar-refractivity contribution >= 4 is 29.5 Å². The van der Waals surface area contributed by atoms with Crippen LogP contribution in [0.15, 0.2) is 0 Å². The summed E-state index contributed by atoms with van der Waals surface area (Å²) in [6.07, 6.45) is 5.49. The summed E-state index contributed by atoms with van der Waals surface area (Å²) in [6, 6.07) is 0. The largest absolute Gasteiger partial charge is 0.369 e. The molecular formula is C13H20N2O3S. The molecule has 6 heteroatoms. The van der Waals surface area contributed by atoms with Crippen molar-refractivity contribution in [3.8, 4) is 0 Å². The Morgan fingerprint density at radius 2 is 1.95 bits per heavy atom. The van der Waals surface area contributed by atoms with E-state index in [-0.39, 0.29) is 28.9 Å². The Labute approximate surface area is 117 Å². The second kappa shape index (κ2) is 5.94. The molecule has 1 saturated heterocycles. The number of likely N-dealkylation sites (tertiary alicyclic amines) is 1.